The normalized spacial score (nSPS) is 20.3. The number of alkyl carbamates (subject to hydrolysis) is 1. The summed E-state index contributed by atoms with van der Waals surface area (Å²) in [6.45, 7) is 6.60. The number of hydrogen-bond acceptors (Lipinski definition) is 4. The van der Waals surface area contributed by atoms with Crippen LogP contribution >= 0.6 is 0 Å². The van der Waals surface area contributed by atoms with Gasteiger partial charge in [-0.15, -0.1) is 0 Å². The van der Waals surface area contributed by atoms with Crippen molar-refractivity contribution in [3.05, 3.63) is 35.9 Å². The predicted molar refractivity (Wildman–Crippen MR) is 101 cm³/mol. The molecule has 0 aromatic heterocycles. The first kappa shape index (κ1) is 20.3. The number of ether oxygens (including phenoxy) is 2. The zero-order valence-corrected chi connectivity index (χ0v) is 16.1. The maximum Gasteiger partial charge on any atom is 0.407 e. The quantitative estimate of drug-likeness (QED) is 0.760. The average Bonchev–Trinajstić information content (AvgIpc) is 2.58. The van der Waals surface area contributed by atoms with E-state index in [0.717, 1.165) is 31.2 Å². The summed E-state index contributed by atoms with van der Waals surface area (Å²) in [6, 6.07) is 9.64. The molecule has 0 saturated heterocycles. The lowest BCUT2D eigenvalue weighted by Crippen LogP contribution is -2.32. The van der Waals surface area contributed by atoms with Crippen LogP contribution in [0.1, 0.15) is 58.4 Å². The zero-order chi connectivity index (χ0) is 19.0. The molecule has 2 rings (SSSR count). The molecule has 0 radical (unpaired) electrons. The zero-order valence-electron chi connectivity index (χ0n) is 16.1. The van der Waals surface area contributed by atoms with E-state index in [4.69, 9.17) is 9.47 Å². The molecule has 1 saturated carbocycles. The fraction of sp³-hybridized carbons (Fsp3) is 0.619. The van der Waals surface area contributed by atoms with Gasteiger partial charge in [-0.25, -0.2) is 4.79 Å². The van der Waals surface area contributed by atoms with Crippen LogP contribution in [0.15, 0.2) is 30.3 Å². The van der Waals surface area contributed by atoms with E-state index in [1.165, 1.54) is 0 Å². The Hall–Kier alpha value is -2.04. The summed E-state index contributed by atoms with van der Waals surface area (Å²) in [4.78, 5) is 23.7. The van der Waals surface area contributed by atoms with Crippen LogP contribution in [0.3, 0.4) is 0 Å². The topological polar surface area (TPSA) is 64.6 Å². The van der Waals surface area contributed by atoms with E-state index < -0.39 is 5.60 Å². The van der Waals surface area contributed by atoms with E-state index in [1.807, 2.05) is 51.1 Å². The van der Waals surface area contributed by atoms with Gasteiger partial charge in [0, 0.05) is 13.0 Å². The van der Waals surface area contributed by atoms with Crippen molar-refractivity contribution in [3.8, 4) is 0 Å². The smallest absolute Gasteiger partial charge is 0.407 e. The van der Waals surface area contributed by atoms with E-state index >= 15 is 0 Å². The summed E-state index contributed by atoms with van der Waals surface area (Å²) in [7, 11) is 0. The van der Waals surface area contributed by atoms with Crippen molar-refractivity contribution in [3.63, 3.8) is 0 Å². The average molecular weight is 361 g/mol. The van der Waals surface area contributed by atoms with Crippen molar-refractivity contribution < 1.29 is 19.1 Å². The Balaban J connectivity index is 1.60. The largest absolute Gasteiger partial charge is 0.460 e. The summed E-state index contributed by atoms with van der Waals surface area (Å²) >= 11 is 0. The van der Waals surface area contributed by atoms with Crippen LogP contribution in [0.5, 0.6) is 0 Å². The lowest BCUT2D eigenvalue weighted by Gasteiger charge is -2.29. The lowest BCUT2D eigenvalue weighted by molar-refractivity contribution is -0.156. The number of nitrogens with one attached hydrogen (secondary N) is 1. The number of amides is 1. The SMILES string of the molecule is CC(C)(C)OC(=O)C[C@H]1CC[C@H](CNC(=O)OCc2ccccc2)CC1. The number of hydrogen-bond donors (Lipinski definition) is 1. The second-order valence-corrected chi connectivity index (χ2v) is 8.12. The fourth-order valence-corrected chi connectivity index (χ4v) is 3.26. The minimum atomic E-state index is -0.418. The molecule has 0 bridgehead atoms. The molecule has 1 aliphatic rings. The van der Waals surface area contributed by atoms with Gasteiger partial charge in [0.05, 0.1) is 0 Å². The van der Waals surface area contributed by atoms with Crippen LogP contribution in [0.25, 0.3) is 0 Å². The lowest BCUT2D eigenvalue weighted by atomic mass is 9.80. The van der Waals surface area contributed by atoms with Crippen molar-refractivity contribution in [2.75, 3.05) is 6.54 Å². The highest BCUT2D eigenvalue weighted by atomic mass is 16.6. The molecular formula is C21H31NO4. The molecule has 0 unspecified atom stereocenters. The van der Waals surface area contributed by atoms with Crippen molar-refractivity contribution in [1.29, 1.82) is 0 Å². The molecule has 26 heavy (non-hydrogen) atoms. The second kappa shape index (κ2) is 9.60. The molecule has 0 heterocycles. The molecule has 5 heteroatoms. The Morgan fingerprint density at radius 2 is 1.65 bits per heavy atom. The first-order chi connectivity index (χ1) is 12.3. The highest BCUT2D eigenvalue weighted by molar-refractivity contribution is 5.70. The van der Waals surface area contributed by atoms with Crippen LogP contribution in [-0.4, -0.2) is 24.2 Å². The minimum absolute atomic E-state index is 0.108. The molecule has 1 N–H and O–H groups in total. The van der Waals surface area contributed by atoms with Gasteiger partial charge < -0.3 is 14.8 Å². The van der Waals surface area contributed by atoms with Crippen LogP contribution in [-0.2, 0) is 20.9 Å². The molecule has 0 spiro atoms. The van der Waals surface area contributed by atoms with Gasteiger partial charge in [0.15, 0.2) is 0 Å². The van der Waals surface area contributed by atoms with Gasteiger partial charge in [0.2, 0.25) is 0 Å². The Morgan fingerprint density at radius 3 is 2.27 bits per heavy atom. The van der Waals surface area contributed by atoms with Gasteiger partial charge in [-0.3, -0.25) is 4.79 Å². The number of carbonyl (C=O) groups excluding carboxylic acids is 2. The Kier molecular flexibility index (Phi) is 7.49. The minimum Gasteiger partial charge on any atom is -0.460 e. The third-order valence-corrected chi connectivity index (χ3v) is 4.59. The highest BCUT2D eigenvalue weighted by Gasteiger charge is 2.25. The van der Waals surface area contributed by atoms with Crippen LogP contribution in [0, 0.1) is 11.8 Å². The summed E-state index contributed by atoms with van der Waals surface area (Å²) in [5.41, 5.74) is 0.559. The van der Waals surface area contributed by atoms with Crippen molar-refractivity contribution >= 4 is 12.1 Å². The third-order valence-electron chi connectivity index (χ3n) is 4.59. The summed E-state index contributed by atoms with van der Waals surface area (Å²) in [5.74, 6) is 0.740. The molecule has 1 amide bonds. The van der Waals surface area contributed by atoms with Gasteiger partial charge in [-0.2, -0.15) is 0 Å². The monoisotopic (exact) mass is 361 g/mol. The molecule has 0 aliphatic heterocycles. The third kappa shape index (κ3) is 7.89. The number of carbonyl (C=O) groups is 2. The maximum atomic E-state index is 11.9. The molecular weight excluding hydrogens is 330 g/mol. The van der Waals surface area contributed by atoms with E-state index in [9.17, 15) is 9.59 Å². The molecule has 1 fully saturated rings. The van der Waals surface area contributed by atoms with Crippen LogP contribution in [0.4, 0.5) is 4.79 Å². The van der Waals surface area contributed by atoms with E-state index in [2.05, 4.69) is 5.32 Å². The van der Waals surface area contributed by atoms with Crippen molar-refractivity contribution in [1.82, 2.24) is 5.32 Å². The maximum absolute atomic E-state index is 11.9. The molecule has 1 aromatic carbocycles. The summed E-state index contributed by atoms with van der Waals surface area (Å²) < 4.78 is 10.6. The number of esters is 1. The summed E-state index contributed by atoms with van der Waals surface area (Å²) in [5, 5.41) is 2.86. The fourth-order valence-electron chi connectivity index (χ4n) is 3.26. The number of rotatable bonds is 6. The molecule has 1 aromatic rings. The Labute approximate surface area is 156 Å². The molecule has 1 aliphatic carbocycles. The number of benzene rings is 1. The Bertz CT molecular complexity index is 571. The molecule has 0 atom stereocenters. The Morgan fingerprint density at radius 1 is 1.04 bits per heavy atom. The van der Waals surface area contributed by atoms with Crippen molar-refractivity contribution in [2.45, 2.75) is 65.1 Å². The predicted octanol–water partition coefficient (Wildman–Crippen LogP) is 4.45. The first-order valence-electron chi connectivity index (χ1n) is 9.48. The molecule has 144 valence electrons. The summed E-state index contributed by atoms with van der Waals surface area (Å²) in [6.07, 6.45) is 4.18. The van der Waals surface area contributed by atoms with Gasteiger partial charge in [0.25, 0.3) is 0 Å². The van der Waals surface area contributed by atoms with Crippen LogP contribution in [0.2, 0.25) is 0 Å². The van der Waals surface area contributed by atoms with Gasteiger partial charge in [0.1, 0.15) is 12.2 Å². The van der Waals surface area contributed by atoms with Crippen LogP contribution < -0.4 is 5.32 Å². The van der Waals surface area contributed by atoms with E-state index in [0.29, 0.717) is 24.8 Å². The van der Waals surface area contributed by atoms with E-state index in [-0.39, 0.29) is 18.7 Å². The standard InChI is InChI=1S/C21H31NO4/c1-21(2,3)26-19(23)13-16-9-11-17(12-10-16)14-22-20(24)25-15-18-7-5-4-6-8-18/h4-8,16-17H,9-15H2,1-3H3,(H,22,24)/t16-,17-. The van der Waals surface area contributed by atoms with E-state index in [1.54, 1.807) is 0 Å². The second-order valence-electron chi connectivity index (χ2n) is 8.12. The first-order valence-corrected chi connectivity index (χ1v) is 9.48. The highest BCUT2D eigenvalue weighted by Crippen LogP contribution is 2.31. The molecule has 5 nitrogen and oxygen atoms in total. The van der Waals surface area contributed by atoms with Gasteiger partial charge in [-0.1, -0.05) is 30.3 Å². The van der Waals surface area contributed by atoms with Crippen molar-refractivity contribution in [2.24, 2.45) is 11.8 Å². The van der Waals surface area contributed by atoms with Gasteiger partial charge >= 0.3 is 12.1 Å². The van der Waals surface area contributed by atoms with Gasteiger partial charge in [-0.05, 0) is 63.9 Å².